The number of rotatable bonds is 3. The van der Waals surface area contributed by atoms with Gasteiger partial charge in [-0.15, -0.1) is 0 Å². The molecule has 0 amide bonds. The molecule has 1 aromatic carbocycles. The van der Waals surface area contributed by atoms with E-state index in [-0.39, 0.29) is 12.3 Å². The Labute approximate surface area is 83.5 Å². The fourth-order valence-electron chi connectivity index (χ4n) is 1.23. The lowest BCUT2D eigenvalue weighted by Crippen LogP contribution is -2.31. The number of hydrogen-bond acceptors (Lipinski definition) is 3. The van der Waals surface area contributed by atoms with Gasteiger partial charge in [-0.1, -0.05) is 0 Å². The summed E-state index contributed by atoms with van der Waals surface area (Å²) in [6.07, 6.45) is 0. The van der Waals surface area contributed by atoms with Crippen molar-refractivity contribution in [3.63, 3.8) is 0 Å². The zero-order valence-electron chi connectivity index (χ0n) is 8.65. The number of ether oxygens (including phenoxy) is 1. The van der Waals surface area contributed by atoms with E-state index in [1.54, 1.807) is 19.2 Å². The Morgan fingerprint density at radius 2 is 2.07 bits per heavy atom. The number of hydroxylamine groups is 3. The van der Waals surface area contributed by atoms with Crippen LogP contribution < -0.4 is 4.74 Å². The van der Waals surface area contributed by atoms with Crippen LogP contribution in [-0.2, 0) is 6.54 Å². The summed E-state index contributed by atoms with van der Waals surface area (Å²) in [4.78, 5) is 0. The normalized spacial score (nSPS) is 11.4. The smallest absolute Gasteiger partial charge is 0.124 e. The second-order valence-corrected chi connectivity index (χ2v) is 3.73. The summed E-state index contributed by atoms with van der Waals surface area (Å²) in [5.74, 6) is 0.777. The predicted octanol–water partition coefficient (Wildman–Crippen LogP) is 1.47. The summed E-state index contributed by atoms with van der Waals surface area (Å²) in [5, 5.41) is 20.9. The van der Waals surface area contributed by atoms with E-state index in [1.807, 2.05) is 0 Å². The number of benzene rings is 1. The van der Waals surface area contributed by atoms with Crippen LogP contribution >= 0.6 is 0 Å². The Bertz CT molecular complexity index is 318. The number of nitrogens with zero attached hydrogens (tertiary/aromatic N) is 1. The molecule has 0 unspecified atom stereocenters. The van der Waals surface area contributed by atoms with Crippen molar-refractivity contribution in [1.82, 2.24) is 0 Å². The summed E-state index contributed by atoms with van der Waals surface area (Å²) in [5.41, 5.74) is 0.601. The minimum absolute atomic E-state index is 0.132. The lowest BCUT2D eigenvalue weighted by Gasteiger charge is -2.33. The van der Waals surface area contributed by atoms with E-state index in [0.29, 0.717) is 11.3 Å². The van der Waals surface area contributed by atoms with Crippen LogP contribution in [0.4, 0.5) is 0 Å². The molecule has 1 aromatic rings. The largest absolute Gasteiger partial charge is 0.633 e. The van der Waals surface area contributed by atoms with Crippen molar-refractivity contribution in [2.75, 3.05) is 21.2 Å². The molecular weight excluding hydrogens is 182 g/mol. The summed E-state index contributed by atoms with van der Waals surface area (Å²) < 4.78 is 4.53. The van der Waals surface area contributed by atoms with Crippen LogP contribution in [0.2, 0.25) is 0 Å². The van der Waals surface area contributed by atoms with Gasteiger partial charge in [-0.05, 0) is 18.2 Å². The maximum Gasteiger partial charge on any atom is 0.124 e. The van der Waals surface area contributed by atoms with E-state index in [9.17, 15) is 10.3 Å². The molecule has 0 fully saturated rings. The molecule has 0 radical (unpaired) electrons. The molecule has 78 valence electrons. The van der Waals surface area contributed by atoms with E-state index >= 15 is 0 Å². The Morgan fingerprint density at radius 1 is 1.43 bits per heavy atom. The van der Waals surface area contributed by atoms with E-state index in [2.05, 4.69) is 0 Å². The molecule has 0 aromatic heterocycles. The lowest BCUT2D eigenvalue weighted by molar-refractivity contribution is -0.853. The van der Waals surface area contributed by atoms with E-state index in [1.165, 1.54) is 20.2 Å². The van der Waals surface area contributed by atoms with Gasteiger partial charge in [0.05, 0.1) is 26.8 Å². The molecular formula is C10H15NO3. The van der Waals surface area contributed by atoms with Crippen molar-refractivity contribution >= 4 is 0 Å². The topological polar surface area (TPSA) is 52.5 Å². The first-order chi connectivity index (χ1) is 6.42. The molecule has 14 heavy (non-hydrogen) atoms. The predicted molar refractivity (Wildman–Crippen MR) is 53.8 cm³/mol. The van der Waals surface area contributed by atoms with Crippen LogP contribution in [-0.4, -0.2) is 31.0 Å². The third-order valence-electron chi connectivity index (χ3n) is 1.84. The second kappa shape index (κ2) is 3.86. The Hall–Kier alpha value is -1.26. The summed E-state index contributed by atoms with van der Waals surface area (Å²) >= 11 is 0. The van der Waals surface area contributed by atoms with Gasteiger partial charge in [0.1, 0.15) is 18.0 Å². The van der Waals surface area contributed by atoms with Crippen LogP contribution in [0.3, 0.4) is 0 Å². The second-order valence-electron chi connectivity index (χ2n) is 3.73. The molecule has 4 nitrogen and oxygen atoms in total. The first-order valence-corrected chi connectivity index (χ1v) is 4.32. The van der Waals surface area contributed by atoms with Gasteiger partial charge in [0.25, 0.3) is 0 Å². The highest BCUT2D eigenvalue weighted by Gasteiger charge is 2.09. The molecule has 0 bridgehead atoms. The van der Waals surface area contributed by atoms with E-state index < -0.39 is 4.65 Å². The molecule has 0 spiro atoms. The van der Waals surface area contributed by atoms with Gasteiger partial charge >= 0.3 is 0 Å². The number of quaternary nitrogens is 1. The van der Waals surface area contributed by atoms with E-state index in [0.717, 1.165) is 0 Å². The summed E-state index contributed by atoms with van der Waals surface area (Å²) in [6, 6.07) is 4.86. The molecule has 0 aliphatic carbocycles. The van der Waals surface area contributed by atoms with Crippen LogP contribution in [0, 0.1) is 5.21 Å². The van der Waals surface area contributed by atoms with Gasteiger partial charge in [0, 0.05) is 0 Å². The summed E-state index contributed by atoms with van der Waals surface area (Å²) in [6.45, 7) is 0.225. The van der Waals surface area contributed by atoms with Crippen molar-refractivity contribution in [2.45, 2.75) is 6.54 Å². The van der Waals surface area contributed by atoms with Crippen LogP contribution in [0.5, 0.6) is 11.5 Å². The number of hydrogen-bond donors (Lipinski definition) is 1. The van der Waals surface area contributed by atoms with Crippen molar-refractivity contribution in [3.05, 3.63) is 29.0 Å². The Morgan fingerprint density at radius 3 is 2.57 bits per heavy atom. The van der Waals surface area contributed by atoms with Gasteiger partial charge in [-0.3, -0.25) is 0 Å². The number of aromatic hydroxyl groups is 1. The molecule has 0 saturated carbocycles. The minimum atomic E-state index is -0.472. The standard InChI is InChI=1S/C10H15NO3/c1-11(2,13)7-8-6-9(14-3)4-5-10(8)12/h4-6,12H,7H2,1-3H3. The molecule has 0 atom stereocenters. The monoisotopic (exact) mass is 197 g/mol. The van der Waals surface area contributed by atoms with Crippen molar-refractivity contribution in [3.8, 4) is 11.5 Å². The van der Waals surface area contributed by atoms with Gasteiger partial charge in [0.15, 0.2) is 0 Å². The maximum atomic E-state index is 11.4. The summed E-state index contributed by atoms with van der Waals surface area (Å²) in [7, 11) is 4.60. The Balaban J connectivity index is 2.95. The lowest BCUT2D eigenvalue weighted by atomic mass is 10.2. The zero-order valence-corrected chi connectivity index (χ0v) is 8.65. The highest BCUT2D eigenvalue weighted by atomic mass is 16.5. The highest BCUT2D eigenvalue weighted by Crippen LogP contribution is 2.24. The third-order valence-corrected chi connectivity index (χ3v) is 1.84. The molecule has 1 N–H and O–H groups in total. The Kier molecular flexibility index (Phi) is 2.98. The number of phenolic OH excluding ortho intramolecular Hbond substituents is 1. The molecule has 4 heteroatoms. The molecule has 1 rings (SSSR count). The number of phenols is 1. The molecule has 0 aliphatic heterocycles. The van der Waals surface area contributed by atoms with Crippen LogP contribution in [0.1, 0.15) is 5.56 Å². The average molecular weight is 197 g/mol. The van der Waals surface area contributed by atoms with Crippen molar-refractivity contribution in [2.24, 2.45) is 0 Å². The zero-order chi connectivity index (χ0) is 10.8. The van der Waals surface area contributed by atoms with Crippen LogP contribution in [0.25, 0.3) is 0 Å². The third kappa shape index (κ3) is 2.90. The SMILES string of the molecule is COc1ccc(O)c(C[N+](C)(C)[O-])c1. The first-order valence-electron chi connectivity index (χ1n) is 4.32. The molecule has 0 saturated heterocycles. The van der Waals surface area contributed by atoms with Gasteiger partial charge in [-0.2, -0.15) is 0 Å². The number of methoxy groups -OCH3 is 1. The molecule has 0 heterocycles. The van der Waals surface area contributed by atoms with Gasteiger partial charge < -0.3 is 19.7 Å². The maximum absolute atomic E-state index is 11.4. The minimum Gasteiger partial charge on any atom is -0.633 e. The van der Waals surface area contributed by atoms with Crippen molar-refractivity contribution < 1.29 is 14.5 Å². The molecule has 0 aliphatic rings. The highest BCUT2D eigenvalue weighted by molar-refractivity contribution is 5.38. The van der Waals surface area contributed by atoms with Crippen LogP contribution in [0.15, 0.2) is 18.2 Å². The quantitative estimate of drug-likeness (QED) is 0.589. The fraction of sp³-hybridized carbons (Fsp3) is 0.400. The average Bonchev–Trinajstić information content (AvgIpc) is 2.06. The van der Waals surface area contributed by atoms with Crippen molar-refractivity contribution in [1.29, 1.82) is 0 Å². The van der Waals surface area contributed by atoms with E-state index in [4.69, 9.17) is 4.74 Å². The van der Waals surface area contributed by atoms with Gasteiger partial charge in [0.2, 0.25) is 0 Å². The van der Waals surface area contributed by atoms with Gasteiger partial charge in [-0.25, -0.2) is 0 Å². The fourth-order valence-corrected chi connectivity index (χ4v) is 1.23. The first kappa shape index (κ1) is 10.8.